The summed E-state index contributed by atoms with van der Waals surface area (Å²) >= 11 is 1.27. The molecule has 118 valence electrons. The van der Waals surface area contributed by atoms with Gasteiger partial charge in [0.25, 0.3) is 0 Å². The van der Waals surface area contributed by atoms with E-state index in [4.69, 9.17) is 4.74 Å². The van der Waals surface area contributed by atoms with Gasteiger partial charge in [0.05, 0.1) is 5.56 Å². The van der Waals surface area contributed by atoms with Gasteiger partial charge < -0.3 is 15.2 Å². The highest BCUT2D eigenvalue weighted by atomic mass is 32.1. The Morgan fingerprint density at radius 3 is 2.62 bits per heavy atom. The van der Waals surface area contributed by atoms with Crippen LogP contribution in [0.2, 0.25) is 0 Å². The molecule has 0 aliphatic carbocycles. The zero-order chi connectivity index (χ0) is 15.8. The third kappa shape index (κ3) is 5.35. The van der Waals surface area contributed by atoms with Gasteiger partial charge in [-0.15, -0.1) is 11.3 Å². The monoisotopic (exact) mass is 314 g/mol. The zero-order valence-corrected chi connectivity index (χ0v) is 13.4. The molecule has 0 bridgehead atoms. The molecule has 2 amide bonds. The Bertz CT molecular complexity index is 499. The Labute approximate surface area is 128 Å². The van der Waals surface area contributed by atoms with Gasteiger partial charge in [0.15, 0.2) is 0 Å². The van der Waals surface area contributed by atoms with Crippen molar-refractivity contribution in [2.45, 2.75) is 33.6 Å². The van der Waals surface area contributed by atoms with E-state index in [1.165, 1.54) is 11.3 Å². The average molecular weight is 314 g/mol. The van der Waals surface area contributed by atoms with E-state index in [2.05, 4.69) is 10.6 Å². The predicted octanol–water partition coefficient (Wildman–Crippen LogP) is 3.00. The van der Waals surface area contributed by atoms with Gasteiger partial charge >= 0.3 is 12.0 Å². The standard InChI is InChI=1S/C14H22N2O4S/c1-4-7-20-8-5-6-15-14(19)16-12-11(13(17)18)9(2)10(3)21-12/h4-8H2,1-3H3,(H,17,18)(H2,15,16,19). The van der Waals surface area contributed by atoms with Crippen LogP contribution in [0.15, 0.2) is 0 Å². The highest BCUT2D eigenvalue weighted by Crippen LogP contribution is 2.32. The van der Waals surface area contributed by atoms with E-state index in [0.717, 1.165) is 24.3 Å². The molecular weight excluding hydrogens is 292 g/mol. The molecule has 0 spiro atoms. The smallest absolute Gasteiger partial charge is 0.338 e. The lowest BCUT2D eigenvalue weighted by atomic mass is 10.1. The predicted molar refractivity (Wildman–Crippen MR) is 83.5 cm³/mol. The van der Waals surface area contributed by atoms with E-state index in [1.807, 2.05) is 13.8 Å². The van der Waals surface area contributed by atoms with Crippen molar-refractivity contribution in [1.82, 2.24) is 5.32 Å². The molecule has 1 aromatic heterocycles. The molecule has 21 heavy (non-hydrogen) atoms. The number of aryl methyl sites for hydroxylation is 1. The molecule has 0 saturated carbocycles. The molecule has 0 radical (unpaired) electrons. The summed E-state index contributed by atoms with van der Waals surface area (Å²) in [5.41, 5.74) is 0.856. The van der Waals surface area contributed by atoms with Crippen LogP contribution < -0.4 is 10.6 Å². The summed E-state index contributed by atoms with van der Waals surface area (Å²) in [5.74, 6) is -1.03. The first-order valence-electron chi connectivity index (χ1n) is 6.93. The molecule has 0 aliphatic heterocycles. The van der Waals surface area contributed by atoms with Gasteiger partial charge in [-0.05, 0) is 32.3 Å². The Kier molecular flexibility index (Phi) is 7.18. The van der Waals surface area contributed by atoms with Crippen molar-refractivity contribution in [2.75, 3.05) is 25.1 Å². The third-order valence-electron chi connectivity index (χ3n) is 2.93. The minimum atomic E-state index is -1.03. The molecule has 6 nitrogen and oxygen atoms in total. The number of amides is 2. The zero-order valence-electron chi connectivity index (χ0n) is 12.6. The first-order chi connectivity index (χ1) is 9.97. The highest BCUT2D eigenvalue weighted by Gasteiger charge is 2.20. The topological polar surface area (TPSA) is 87.7 Å². The van der Waals surface area contributed by atoms with Crippen molar-refractivity contribution < 1.29 is 19.4 Å². The summed E-state index contributed by atoms with van der Waals surface area (Å²) in [5, 5.41) is 14.8. The SMILES string of the molecule is CCCOCCCNC(=O)Nc1sc(C)c(C)c1C(=O)O. The summed E-state index contributed by atoms with van der Waals surface area (Å²) in [6.07, 6.45) is 1.70. The molecule has 1 heterocycles. The van der Waals surface area contributed by atoms with Crippen LogP contribution >= 0.6 is 11.3 Å². The fourth-order valence-corrected chi connectivity index (χ4v) is 2.79. The molecular formula is C14H22N2O4S. The van der Waals surface area contributed by atoms with Crippen LogP contribution in [-0.2, 0) is 4.74 Å². The van der Waals surface area contributed by atoms with E-state index < -0.39 is 12.0 Å². The molecule has 1 rings (SSSR count). The van der Waals surface area contributed by atoms with E-state index in [1.54, 1.807) is 6.92 Å². The van der Waals surface area contributed by atoms with Crippen molar-refractivity contribution in [2.24, 2.45) is 0 Å². The number of carboxylic acid groups (broad SMARTS) is 1. The highest BCUT2D eigenvalue weighted by molar-refractivity contribution is 7.16. The van der Waals surface area contributed by atoms with E-state index in [0.29, 0.717) is 23.7 Å². The lowest BCUT2D eigenvalue weighted by Crippen LogP contribution is -2.30. The van der Waals surface area contributed by atoms with Crippen molar-refractivity contribution in [3.63, 3.8) is 0 Å². The number of anilines is 1. The van der Waals surface area contributed by atoms with Gasteiger partial charge in [-0.1, -0.05) is 6.92 Å². The van der Waals surface area contributed by atoms with Crippen molar-refractivity contribution in [3.8, 4) is 0 Å². The number of ether oxygens (including phenoxy) is 1. The minimum Gasteiger partial charge on any atom is -0.478 e. The van der Waals surface area contributed by atoms with Crippen LogP contribution in [0.4, 0.5) is 9.80 Å². The second-order valence-corrected chi connectivity index (χ2v) is 5.86. The molecule has 0 unspecified atom stereocenters. The molecule has 0 atom stereocenters. The van der Waals surface area contributed by atoms with Gasteiger partial charge in [-0.2, -0.15) is 0 Å². The first kappa shape index (κ1) is 17.5. The van der Waals surface area contributed by atoms with Gasteiger partial charge in [0.2, 0.25) is 0 Å². The number of thiophene rings is 1. The molecule has 0 aliphatic rings. The van der Waals surface area contributed by atoms with Crippen molar-refractivity contribution >= 4 is 28.3 Å². The summed E-state index contributed by atoms with van der Waals surface area (Å²) in [6, 6.07) is -0.394. The lowest BCUT2D eigenvalue weighted by molar-refractivity contribution is 0.0697. The number of aromatic carboxylic acids is 1. The van der Waals surface area contributed by atoms with Crippen LogP contribution in [0.25, 0.3) is 0 Å². The van der Waals surface area contributed by atoms with Crippen LogP contribution in [0.5, 0.6) is 0 Å². The first-order valence-corrected chi connectivity index (χ1v) is 7.74. The van der Waals surface area contributed by atoms with Gasteiger partial charge in [-0.25, -0.2) is 9.59 Å². The van der Waals surface area contributed by atoms with Gasteiger partial charge in [-0.3, -0.25) is 5.32 Å². The number of rotatable bonds is 8. The minimum absolute atomic E-state index is 0.166. The molecule has 0 saturated heterocycles. The number of nitrogens with one attached hydrogen (secondary N) is 2. The molecule has 7 heteroatoms. The number of carbonyl (C=O) groups is 2. The maximum atomic E-state index is 11.7. The van der Waals surface area contributed by atoms with Gasteiger partial charge in [0.1, 0.15) is 5.00 Å². The maximum absolute atomic E-state index is 11.7. The van der Waals surface area contributed by atoms with E-state index in [-0.39, 0.29) is 5.56 Å². The summed E-state index contributed by atoms with van der Waals surface area (Å²) < 4.78 is 5.31. The van der Waals surface area contributed by atoms with Crippen molar-refractivity contribution in [1.29, 1.82) is 0 Å². The molecule has 3 N–H and O–H groups in total. The van der Waals surface area contributed by atoms with Gasteiger partial charge in [0, 0.05) is 24.6 Å². The normalized spacial score (nSPS) is 10.4. The fraction of sp³-hybridized carbons (Fsp3) is 0.571. The largest absolute Gasteiger partial charge is 0.478 e. The number of hydrogen-bond acceptors (Lipinski definition) is 4. The lowest BCUT2D eigenvalue weighted by Gasteiger charge is -2.07. The molecule has 1 aromatic rings. The number of hydrogen-bond donors (Lipinski definition) is 3. The summed E-state index contributed by atoms with van der Waals surface area (Å²) in [7, 11) is 0. The Hall–Kier alpha value is -1.60. The second kappa shape index (κ2) is 8.63. The van der Waals surface area contributed by atoms with Crippen LogP contribution in [-0.4, -0.2) is 36.9 Å². The Morgan fingerprint density at radius 1 is 1.29 bits per heavy atom. The van der Waals surface area contributed by atoms with Crippen molar-refractivity contribution in [3.05, 3.63) is 16.0 Å². The Morgan fingerprint density at radius 2 is 2.00 bits per heavy atom. The number of carbonyl (C=O) groups excluding carboxylic acids is 1. The third-order valence-corrected chi connectivity index (χ3v) is 4.05. The Balaban J connectivity index is 2.45. The fourth-order valence-electron chi connectivity index (χ4n) is 1.74. The summed E-state index contributed by atoms with van der Waals surface area (Å²) in [4.78, 5) is 23.8. The van der Waals surface area contributed by atoms with E-state index >= 15 is 0 Å². The second-order valence-electron chi connectivity index (χ2n) is 4.64. The van der Waals surface area contributed by atoms with Crippen LogP contribution in [0, 0.1) is 13.8 Å². The number of urea groups is 1. The van der Waals surface area contributed by atoms with Crippen LogP contribution in [0.3, 0.4) is 0 Å². The number of carboxylic acids is 1. The average Bonchev–Trinajstić information content (AvgIpc) is 2.68. The quantitative estimate of drug-likeness (QED) is 0.644. The molecule has 0 aromatic carbocycles. The molecule has 0 fully saturated rings. The van der Waals surface area contributed by atoms with Crippen LogP contribution in [0.1, 0.15) is 40.6 Å². The summed E-state index contributed by atoms with van der Waals surface area (Å²) in [6.45, 7) is 7.43. The maximum Gasteiger partial charge on any atom is 0.338 e. The van der Waals surface area contributed by atoms with E-state index in [9.17, 15) is 14.7 Å².